The average molecular weight is 455 g/mol. The van der Waals surface area contributed by atoms with Gasteiger partial charge in [-0.05, 0) is 25.0 Å². The number of hydrogen-bond acceptors (Lipinski definition) is 2. The van der Waals surface area contributed by atoms with Gasteiger partial charge in [-0.25, -0.2) is 0 Å². The van der Waals surface area contributed by atoms with Crippen molar-refractivity contribution >= 4 is 29.9 Å². The maximum atomic E-state index is 4.77. The van der Waals surface area contributed by atoms with E-state index >= 15 is 0 Å². The topological polar surface area (TPSA) is 54.2 Å². The number of nitrogens with one attached hydrogen (secondary N) is 2. The summed E-state index contributed by atoms with van der Waals surface area (Å²) >= 11 is 0. The van der Waals surface area contributed by atoms with Gasteiger partial charge in [0.2, 0.25) is 0 Å². The second-order valence-electron chi connectivity index (χ2n) is 6.49. The third-order valence-electron chi connectivity index (χ3n) is 3.95. The molecule has 5 nitrogen and oxygen atoms in total. The van der Waals surface area contributed by atoms with Crippen molar-refractivity contribution in [3.8, 4) is 0 Å². The molecule has 6 heteroatoms. The highest BCUT2D eigenvalue weighted by molar-refractivity contribution is 14.0. The lowest BCUT2D eigenvalue weighted by Crippen LogP contribution is -2.39. The molecule has 138 valence electrons. The van der Waals surface area contributed by atoms with Gasteiger partial charge in [-0.15, -0.1) is 24.0 Å². The van der Waals surface area contributed by atoms with E-state index in [-0.39, 0.29) is 29.4 Å². The smallest absolute Gasteiger partial charge is 0.191 e. The first-order valence-electron chi connectivity index (χ1n) is 8.67. The highest BCUT2D eigenvalue weighted by Crippen LogP contribution is 2.22. The van der Waals surface area contributed by atoms with Gasteiger partial charge in [0.1, 0.15) is 0 Å². The molecule has 1 aromatic carbocycles. The number of aliphatic imine (C=N–C) groups is 1. The Bertz CT molecular complexity index is 608. The van der Waals surface area contributed by atoms with Crippen LogP contribution in [0.3, 0.4) is 0 Å². The number of benzene rings is 1. The molecule has 0 amide bonds. The summed E-state index contributed by atoms with van der Waals surface area (Å²) in [6, 6.07) is 12.5. The van der Waals surface area contributed by atoms with Crippen LogP contribution in [0.1, 0.15) is 32.8 Å². The van der Waals surface area contributed by atoms with E-state index in [2.05, 4.69) is 60.8 Å². The predicted octanol–water partition coefficient (Wildman–Crippen LogP) is 3.42. The van der Waals surface area contributed by atoms with Crippen LogP contribution in [0.15, 0.2) is 53.8 Å². The summed E-state index contributed by atoms with van der Waals surface area (Å²) in [5.41, 5.74) is 1.32. The summed E-state index contributed by atoms with van der Waals surface area (Å²) in [5.74, 6) is 0.877. The molecule has 0 fully saturated rings. The molecule has 0 saturated heterocycles. The summed E-state index contributed by atoms with van der Waals surface area (Å²) in [7, 11) is 0. The fourth-order valence-electron chi connectivity index (χ4n) is 2.48. The summed E-state index contributed by atoms with van der Waals surface area (Å²) in [6.07, 6.45) is 4.81. The Morgan fingerprint density at radius 3 is 2.56 bits per heavy atom. The number of nitrogens with zero attached hydrogens (tertiary/aromatic N) is 3. The Morgan fingerprint density at radius 2 is 1.92 bits per heavy atom. The summed E-state index contributed by atoms with van der Waals surface area (Å²) in [5, 5.41) is 10.9. The van der Waals surface area contributed by atoms with Crippen molar-refractivity contribution in [3.63, 3.8) is 0 Å². The van der Waals surface area contributed by atoms with E-state index < -0.39 is 0 Å². The van der Waals surface area contributed by atoms with Crippen LogP contribution < -0.4 is 10.6 Å². The number of aryl methyl sites for hydroxylation is 1. The van der Waals surface area contributed by atoms with Crippen LogP contribution in [0.2, 0.25) is 0 Å². The van der Waals surface area contributed by atoms with E-state index in [9.17, 15) is 0 Å². The molecule has 0 aliphatic rings. The highest BCUT2D eigenvalue weighted by atomic mass is 127. The normalized spacial score (nSPS) is 11.7. The zero-order valence-electron chi connectivity index (χ0n) is 15.4. The second kappa shape index (κ2) is 11.1. The van der Waals surface area contributed by atoms with Crippen molar-refractivity contribution < 1.29 is 0 Å². The molecule has 1 aromatic heterocycles. The van der Waals surface area contributed by atoms with Crippen LogP contribution in [0.5, 0.6) is 0 Å². The Labute approximate surface area is 168 Å². The van der Waals surface area contributed by atoms with Crippen LogP contribution in [0.4, 0.5) is 0 Å². The summed E-state index contributed by atoms with van der Waals surface area (Å²) in [6.45, 7) is 9.93. The van der Waals surface area contributed by atoms with Crippen molar-refractivity contribution in [2.45, 2.75) is 39.2 Å². The number of rotatable bonds is 8. The lowest BCUT2D eigenvalue weighted by molar-refractivity contribution is 0.535. The molecule has 0 atom stereocenters. The van der Waals surface area contributed by atoms with E-state index in [1.54, 1.807) is 0 Å². The van der Waals surface area contributed by atoms with Gasteiger partial charge < -0.3 is 10.6 Å². The molecule has 2 rings (SSSR count). The quantitative estimate of drug-likeness (QED) is 0.278. The van der Waals surface area contributed by atoms with Crippen LogP contribution in [0, 0.1) is 0 Å². The van der Waals surface area contributed by atoms with Gasteiger partial charge in [-0.1, -0.05) is 44.2 Å². The Kier molecular flexibility index (Phi) is 9.55. The minimum absolute atomic E-state index is 0. The number of guanidine groups is 1. The molecular weight excluding hydrogens is 425 g/mol. The first-order chi connectivity index (χ1) is 11.6. The van der Waals surface area contributed by atoms with Crippen molar-refractivity contribution in [2.24, 2.45) is 4.99 Å². The SMILES string of the molecule is CCNC(=NCC(C)(C)c1ccccc1)NCCCn1cccn1.I. The number of hydrogen-bond donors (Lipinski definition) is 2. The van der Waals surface area contributed by atoms with Gasteiger partial charge in [0.05, 0.1) is 6.54 Å². The minimum atomic E-state index is 0. The lowest BCUT2D eigenvalue weighted by Gasteiger charge is -2.24. The van der Waals surface area contributed by atoms with E-state index in [4.69, 9.17) is 4.99 Å². The largest absolute Gasteiger partial charge is 0.357 e. The molecule has 1 heterocycles. The fourth-order valence-corrected chi connectivity index (χ4v) is 2.48. The van der Waals surface area contributed by atoms with Crippen molar-refractivity contribution in [2.75, 3.05) is 19.6 Å². The molecular formula is C19H30IN5. The molecule has 0 aliphatic carbocycles. The maximum absolute atomic E-state index is 4.77. The van der Waals surface area contributed by atoms with Crippen LogP contribution in [-0.4, -0.2) is 35.4 Å². The maximum Gasteiger partial charge on any atom is 0.191 e. The number of halogens is 1. The molecule has 2 N–H and O–H groups in total. The first-order valence-corrected chi connectivity index (χ1v) is 8.67. The van der Waals surface area contributed by atoms with Crippen molar-refractivity contribution in [1.29, 1.82) is 0 Å². The first kappa shape index (κ1) is 21.5. The van der Waals surface area contributed by atoms with E-state index in [0.29, 0.717) is 0 Å². The van der Waals surface area contributed by atoms with E-state index in [1.165, 1.54) is 5.56 Å². The Balaban J connectivity index is 0.00000312. The molecule has 2 aromatic rings. The standard InChI is InChI=1S/C19H29N5.HI/c1-4-20-18(21-12-8-14-24-15-9-13-23-24)22-16-19(2,3)17-10-6-5-7-11-17;/h5-7,9-11,13,15H,4,8,12,14,16H2,1-3H3,(H2,20,21,22);1H. The molecule has 0 bridgehead atoms. The molecule has 25 heavy (non-hydrogen) atoms. The van der Waals surface area contributed by atoms with Gasteiger partial charge in [0.15, 0.2) is 5.96 Å². The predicted molar refractivity (Wildman–Crippen MR) is 116 cm³/mol. The average Bonchev–Trinajstić information content (AvgIpc) is 3.11. The van der Waals surface area contributed by atoms with Gasteiger partial charge in [-0.3, -0.25) is 9.67 Å². The van der Waals surface area contributed by atoms with Crippen LogP contribution in [0.25, 0.3) is 0 Å². The molecule has 0 saturated carbocycles. The Morgan fingerprint density at radius 1 is 1.16 bits per heavy atom. The second-order valence-corrected chi connectivity index (χ2v) is 6.49. The van der Waals surface area contributed by atoms with Gasteiger partial charge in [-0.2, -0.15) is 5.10 Å². The summed E-state index contributed by atoms with van der Waals surface area (Å²) < 4.78 is 1.95. The molecule has 0 radical (unpaired) electrons. The fraction of sp³-hybridized carbons (Fsp3) is 0.474. The van der Waals surface area contributed by atoms with Crippen molar-refractivity contribution in [1.82, 2.24) is 20.4 Å². The molecule has 0 aliphatic heterocycles. The third kappa shape index (κ3) is 7.46. The zero-order valence-corrected chi connectivity index (χ0v) is 17.7. The van der Waals surface area contributed by atoms with Crippen LogP contribution in [-0.2, 0) is 12.0 Å². The molecule has 0 unspecified atom stereocenters. The summed E-state index contributed by atoms with van der Waals surface area (Å²) in [4.78, 5) is 4.77. The number of aromatic nitrogens is 2. The van der Waals surface area contributed by atoms with Gasteiger partial charge in [0, 0.05) is 37.4 Å². The Hall–Kier alpha value is -1.57. The van der Waals surface area contributed by atoms with E-state index in [1.807, 2.05) is 29.2 Å². The highest BCUT2D eigenvalue weighted by Gasteiger charge is 2.19. The molecule has 0 spiro atoms. The zero-order chi connectivity index (χ0) is 17.3. The monoisotopic (exact) mass is 455 g/mol. The van der Waals surface area contributed by atoms with E-state index in [0.717, 1.165) is 38.6 Å². The van der Waals surface area contributed by atoms with Gasteiger partial charge >= 0.3 is 0 Å². The third-order valence-corrected chi connectivity index (χ3v) is 3.95. The minimum Gasteiger partial charge on any atom is -0.357 e. The van der Waals surface area contributed by atoms with Gasteiger partial charge in [0.25, 0.3) is 0 Å². The van der Waals surface area contributed by atoms with Crippen molar-refractivity contribution in [3.05, 3.63) is 54.4 Å². The lowest BCUT2D eigenvalue weighted by atomic mass is 9.85. The van der Waals surface area contributed by atoms with Crippen LogP contribution >= 0.6 is 24.0 Å².